The quantitative estimate of drug-likeness (QED) is 0.854. The summed E-state index contributed by atoms with van der Waals surface area (Å²) in [5.41, 5.74) is 0.894. The van der Waals surface area contributed by atoms with E-state index in [1.165, 1.54) is 6.39 Å². The van der Waals surface area contributed by atoms with E-state index in [-0.39, 0.29) is 6.04 Å². The van der Waals surface area contributed by atoms with E-state index in [0.717, 1.165) is 23.0 Å². The molecule has 1 aromatic heterocycles. The minimum absolute atomic E-state index is 0.101. The average Bonchev–Trinajstić information content (AvgIpc) is 2.91. The van der Waals surface area contributed by atoms with Crippen molar-refractivity contribution in [1.82, 2.24) is 15.5 Å². The summed E-state index contributed by atoms with van der Waals surface area (Å²) >= 11 is 3.42. The molecule has 0 aliphatic carbocycles. The molecule has 6 heteroatoms. The summed E-state index contributed by atoms with van der Waals surface area (Å²) in [6, 6.07) is 5.56. The third-order valence-electron chi connectivity index (χ3n) is 2.92. The molecule has 0 spiro atoms. The van der Waals surface area contributed by atoms with Crippen molar-refractivity contribution in [2.24, 2.45) is 0 Å². The lowest BCUT2D eigenvalue weighted by Crippen LogP contribution is -2.23. The molecule has 0 fully saturated rings. The highest BCUT2D eigenvalue weighted by Gasteiger charge is 2.13. The Kier molecular flexibility index (Phi) is 4.93. The zero-order valence-corrected chi connectivity index (χ0v) is 12.2. The first kappa shape index (κ1) is 14.0. The Bertz CT molecular complexity index is 517. The molecule has 1 aromatic carbocycles. The van der Waals surface area contributed by atoms with Gasteiger partial charge in [0.1, 0.15) is 5.75 Å². The van der Waals surface area contributed by atoms with Crippen molar-refractivity contribution in [3.63, 3.8) is 0 Å². The predicted molar refractivity (Wildman–Crippen MR) is 74.8 cm³/mol. The van der Waals surface area contributed by atoms with Crippen LogP contribution in [0.1, 0.15) is 30.8 Å². The molecule has 5 nitrogen and oxygen atoms in total. The summed E-state index contributed by atoms with van der Waals surface area (Å²) in [5.74, 6) is 0.989. The van der Waals surface area contributed by atoms with Gasteiger partial charge in [0.25, 0.3) is 0 Å². The topological polar surface area (TPSA) is 71.2 Å². The highest BCUT2D eigenvalue weighted by molar-refractivity contribution is 9.10. The minimum Gasteiger partial charge on any atom is -0.508 e. The van der Waals surface area contributed by atoms with Crippen LogP contribution in [0, 0.1) is 0 Å². The lowest BCUT2D eigenvalue weighted by atomic mass is 10.0. The second-order valence-electron chi connectivity index (χ2n) is 4.22. The van der Waals surface area contributed by atoms with Crippen LogP contribution in [0.25, 0.3) is 0 Å². The van der Waals surface area contributed by atoms with Gasteiger partial charge in [-0.15, -0.1) is 0 Å². The molecule has 0 saturated carbocycles. The molecule has 1 unspecified atom stereocenters. The maximum Gasteiger partial charge on any atom is 0.213 e. The van der Waals surface area contributed by atoms with Gasteiger partial charge >= 0.3 is 0 Å². The van der Waals surface area contributed by atoms with Gasteiger partial charge < -0.3 is 14.9 Å². The fraction of sp³-hybridized carbons (Fsp3) is 0.385. The third kappa shape index (κ3) is 3.78. The molecule has 2 N–H and O–H groups in total. The van der Waals surface area contributed by atoms with Crippen LogP contribution in [0.4, 0.5) is 0 Å². The van der Waals surface area contributed by atoms with E-state index < -0.39 is 0 Å². The van der Waals surface area contributed by atoms with E-state index in [4.69, 9.17) is 0 Å². The second-order valence-corrected chi connectivity index (χ2v) is 5.13. The minimum atomic E-state index is 0.101. The molecule has 1 atom stereocenters. The first-order chi connectivity index (χ1) is 9.20. The molecule has 2 aromatic rings. The van der Waals surface area contributed by atoms with Crippen molar-refractivity contribution in [3.8, 4) is 5.75 Å². The molecule has 2 rings (SSSR count). The number of rotatable bonds is 6. The molecule has 19 heavy (non-hydrogen) atoms. The Morgan fingerprint density at radius 1 is 1.47 bits per heavy atom. The van der Waals surface area contributed by atoms with Crippen LogP contribution in [-0.2, 0) is 6.42 Å². The van der Waals surface area contributed by atoms with Crippen molar-refractivity contribution >= 4 is 15.9 Å². The monoisotopic (exact) mass is 325 g/mol. The molecule has 0 amide bonds. The fourth-order valence-electron chi connectivity index (χ4n) is 1.94. The SMILES string of the molecule is CCC(NCCc1ncon1)c1cc(Br)ccc1O. The number of benzene rings is 1. The van der Waals surface area contributed by atoms with Crippen LogP contribution < -0.4 is 5.32 Å². The van der Waals surface area contributed by atoms with E-state index in [2.05, 4.69) is 42.8 Å². The Hall–Kier alpha value is -1.40. The van der Waals surface area contributed by atoms with E-state index in [0.29, 0.717) is 18.0 Å². The van der Waals surface area contributed by atoms with Gasteiger partial charge in [-0.25, -0.2) is 0 Å². The lowest BCUT2D eigenvalue weighted by molar-refractivity contribution is 0.406. The van der Waals surface area contributed by atoms with E-state index in [9.17, 15) is 5.11 Å². The summed E-state index contributed by atoms with van der Waals surface area (Å²) in [6.45, 7) is 2.80. The van der Waals surface area contributed by atoms with E-state index in [1.54, 1.807) is 6.07 Å². The first-order valence-corrected chi connectivity index (χ1v) is 6.97. The lowest BCUT2D eigenvalue weighted by Gasteiger charge is -2.18. The Balaban J connectivity index is 1.97. The molecule has 0 aliphatic heterocycles. The number of hydrogen-bond acceptors (Lipinski definition) is 5. The zero-order chi connectivity index (χ0) is 13.7. The summed E-state index contributed by atoms with van der Waals surface area (Å²) < 4.78 is 5.64. The summed E-state index contributed by atoms with van der Waals surface area (Å²) in [5, 5.41) is 17.1. The van der Waals surface area contributed by atoms with Crippen LogP contribution >= 0.6 is 15.9 Å². The molecule has 0 saturated heterocycles. The zero-order valence-electron chi connectivity index (χ0n) is 10.6. The summed E-state index contributed by atoms with van der Waals surface area (Å²) in [7, 11) is 0. The number of phenols is 1. The van der Waals surface area contributed by atoms with Crippen LogP contribution in [0.15, 0.2) is 33.6 Å². The van der Waals surface area contributed by atoms with Crippen molar-refractivity contribution in [1.29, 1.82) is 0 Å². The highest BCUT2D eigenvalue weighted by atomic mass is 79.9. The second kappa shape index (κ2) is 6.68. The molecule has 0 radical (unpaired) electrons. The van der Waals surface area contributed by atoms with Crippen LogP contribution in [0.5, 0.6) is 5.75 Å². The molecule has 1 heterocycles. The Labute approximate surface area is 120 Å². The molecule has 102 valence electrons. The van der Waals surface area contributed by atoms with Crippen molar-refractivity contribution in [2.45, 2.75) is 25.8 Å². The summed E-state index contributed by atoms with van der Waals surface area (Å²) in [6.07, 6.45) is 2.91. The molecule has 0 bridgehead atoms. The third-order valence-corrected chi connectivity index (χ3v) is 3.41. The number of nitrogens with zero attached hydrogens (tertiary/aromatic N) is 2. The largest absolute Gasteiger partial charge is 0.508 e. The van der Waals surface area contributed by atoms with Gasteiger partial charge in [0.15, 0.2) is 5.82 Å². The normalized spacial score (nSPS) is 12.5. The van der Waals surface area contributed by atoms with Crippen molar-refractivity contribution in [2.75, 3.05) is 6.54 Å². The number of aromatic nitrogens is 2. The molecular formula is C13H16BrN3O2. The van der Waals surface area contributed by atoms with Crippen LogP contribution in [-0.4, -0.2) is 21.8 Å². The van der Waals surface area contributed by atoms with Gasteiger partial charge in [-0.3, -0.25) is 0 Å². The molecule has 0 aliphatic rings. The molecular weight excluding hydrogens is 310 g/mol. The van der Waals surface area contributed by atoms with Gasteiger partial charge in [-0.1, -0.05) is 28.0 Å². The smallest absolute Gasteiger partial charge is 0.213 e. The van der Waals surface area contributed by atoms with Gasteiger partial charge in [-0.2, -0.15) is 4.98 Å². The first-order valence-electron chi connectivity index (χ1n) is 6.17. The van der Waals surface area contributed by atoms with Crippen molar-refractivity contribution in [3.05, 3.63) is 40.5 Å². The van der Waals surface area contributed by atoms with Gasteiger partial charge in [0.05, 0.1) is 0 Å². The van der Waals surface area contributed by atoms with Gasteiger partial charge in [0.2, 0.25) is 6.39 Å². The van der Waals surface area contributed by atoms with Gasteiger partial charge in [0, 0.05) is 29.0 Å². The van der Waals surface area contributed by atoms with Gasteiger partial charge in [-0.05, 0) is 24.6 Å². The highest BCUT2D eigenvalue weighted by Crippen LogP contribution is 2.29. The Morgan fingerprint density at radius 3 is 3.00 bits per heavy atom. The number of phenolic OH excluding ortho intramolecular Hbond substituents is 1. The van der Waals surface area contributed by atoms with E-state index in [1.807, 2.05) is 12.1 Å². The van der Waals surface area contributed by atoms with Crippen LogP contribution in [0.3, 0.4) is 0 Å². The number of nitrogens with one attached hydrogen (secondary N) is 1. The number of halogens is 1. The van der Waals surface area contributed by atoms with Crippen LogP contribution in [0.2, 0.25) is 0 Å². The Morgan fingerprint density at radius 2 is 2.32 bits per heavy atom. The van der Waals surface area contributed by atoms with Crippen molar-refractivity contribution < 1.29 is 9.63 Å². The number of hydrogen-bond donors (Lipinski definition) is 2. The van der Waals surface area contributed by atoms with E-state index >= 15 is 0 Å². The maximum atomic E-state index is 9.92. The maximum absolute atomic E-state index is 9.92. The summed E-state index contributed by atoms with van der Waals surface area (Å²) in [4.78, 5) is 3.97. The standard InChI is InChI=1S/C13H16BrN3O2/c1-2-11(10-7-9(14)3-4-12(10)18)15-6-5-13-16-8-19-17-13/h3-4,7-8,11,15,18H,2,5-6H2,1H3. The predicted octanol–water partition coefficient (Wildman–Crippen LogP) is 2.82. The fourth-order valence-corrected chi connectivity index (χ4v) is 2.32. The number of aromatic hydroxyl groups is 1. The average molecular weight is 326 g/mol.